The maximum absolute atomic E-state index is 8.56. The fraction of sp³-hybridized carbons (Fsp3) is 0. The van der Waals surface area contributed by atoms with Gasteiger partial charge < -0.3 is 94.8 Å². The van der Waals surface area contributed by atoms with Crippen LogP contribution < -0.4 is 59.1 Å². The van der Waals surface area contributed by atoms with Gasteiger partial charge in [0.15, 0.2) is 0 Å². The number of hydrogen-bond acceptors (Lipinski definition) is 9. The summed E-state index contributed by atoms with van der Waals surface area (Å²) in [5.41, 5.74) is 0. The van der Waals surface area contributed by atoms with Gasteiger partial charge in [-0.05, 0) is 0 Å². The molecule has 0 unspecified atom stereocenters. The summed E-state index contributed by atoms with van der Waals surface area (Å²) < 4.78 is 0. The van der Waals surface area contributed by atoms with Crippen LogP contribution in [0, 0.1) is 0 Å². The van der Waals surface area contributed by atoms with Gasteiger partial charge in [-0.2, -0.15) is 0 Å². The van der Waals surface area contributed by atoms with E-state index in [0.29, 0.717) is 0 Å². The predicted molar refractivity (Wildman–Crippen MR) is 98.1 cm³/mol. The third-order valence-electron chi connectivity index (χ3n) is 0. The minimum Gasteiger partial charge on any atom is -1.00 e. The van der Waals surface area contributed by atoms with Crippen molar-refractivity contribution in [3.63, 3.8) is 0 Å². The SMILES string of the molecule is O=C(O)O.O=C(O)O.O=C(O)O.O=C(O)O.O=C(O)O.O=C(O)O.O=C(O)O.O=C(O)O.O=C(O)O.[H-].[H-].[Na+].[Na+]. The molecule has 0 aliphatic heterocycles. The third kappa shape index (κ3) is 1390. The van der Waals surface area contributed by atoms with Crippen LogP contribution >= 0.6 is 0 Å². The van der Waals surface area contributed by atoms with E-state index in [1.54, 1.807) is 0 Å². The summed E-state index contributed by atoms with van der Waals surface area (Å²) in [5.74, 6) is 0. The molecule has 0 aromatic carbocycles. The van der Waals surface area contributed by atoms with Gasteiger partial charge in [0.2, 0.25) is 0 Å². The predicted octanol–water partition coefficient (Wildman–Crippen LogP) is -3.77. The van der Waals surface area contributed by atoms with Crippen molar-refractivity contribution >= 4 is 55.4 Å². The molecule has 29 heteroatoms. The van der Waals surface area contributed by atoms with Crippen molar-refractivity contribution in [3.05, 3.63) is 0 Å². The molecule has 0 saturated heterocycles. The van der Waals surface area contributed by atoms with Crippen molar-refractivity contribution in [3.8, 4) is 0 Å². The Balaban J connectivity index is -0.0000000184. The van der Waals surface area contributed by atoms with Gasteiger partial charge in [0.25, 0.3) is 0 Å². The number of carboxylic acid groups (broad SMARTS) is 18. The average molecular weight is 606 g/mol. The molecule has 0 amide bonds. The van der Waals surface area contributed by atoms with E-state index in [9.17, 15) is 0 Å². The van der Waals surface area contributed by atoms with Crippen LogP contribution in [0.15, 0.2) is 0 Å². The first-order valence-electron chi connectivity index (χ1n) is 5.86. The van der Waals surface area contributed by atoms with Gasteiger partial charge >= 0.3 is 115 Å². The smallest absolute Gasteiger partial charge is 1.00 e. The maximum atomic E-state index is 8.56. The van der Waals surface area contributed by atoms with Gasteiger partial charge in [-0.1, -0.05) is 0 Å². The van der Waals surface area contributed by atoms with Crippen LogP contribution in [-0.2, 0) is 0 Å². The zero-order valence-corrected chi connectivity index (χ0v) is 22.2. The van der Waals surface area contributed by atoms with Crippen LogP contribution in [0.3, 0.4) is 0 Å². The van der Waals surface area contributed by atoms with Crippen molar-refractivity contribution in [1.82, 2.24) is 0 Å². The van der Waals surface area contributed by atoms with Crippen LogP contribution in [0.1, 0.15) is 2.85 Å². The van der Waals surface area contributed by atoms with E-state index < -0.39 is 55.4 Å². The molecule has 0 saturated carbocycles. The molecule has 0 radical (unpaired) electrons. The number of carbonyl (C=O) groups is 9. The minimum atomic E-state index is -1.83. The first kappa shape index (κ1) is 69.9. The van der Waals surface area contributed by atoms with E-state index in [1.165, 1.54) is 0 Å². The fourth-order valence-corrected chi connectivity index (χ4v) is 0. The zero-order valence-electron chi connectivity index (χ0n) is 20.2. The summed E-state index contributed by atoms with van der Waals surface area (Å²) >= 11 is 0. The van der Waals surface area contributed by atoms with Gasteiger partial charge in [-0.3, -0.25) is 0 Å². The molecule has 0 aromatic rings. The number of rotatable bonds is 0. The molecule has 0 rings (SSSR count). The van der Waals surface area contributed by atoms with E-state index in [4.69, 9.17) is 135 Å². The Morgan fingerprint density at radius 1 is 0.211 bits per heavy atom. The van der Waals surface area contributed by atoms with Gasteiger partial charge in [0.1, 0.15) is 0 Å². The molecule has 0 aliphatic carbocycles. The molecule has 38 heavy (non-hydrogen) atoms. The monoisotopic (exact) mass is 606 g/mol. The summed E-state index contributed by atoms with van der Waals surface area (Å²) in [7, 11) is 0. The summed E-state index contributed by atoms with van der Waals surface area (Å²) in [6.45, 7) is 0. The van der Waals surface area contributed by atoms with Crippen LogP contribution in [0.25, 0.3) is 0 Å². The normalized spacial score (nSPS) is 5.68. The van der Waals surface area contributed by atoms with Crippen LogP contribution in [-0.4, -0.2) is 147 Å². The van der Waals surface area contributed by atoms with Crippen molar-refractivity contribution in [1.29, 1.82) is 0 Å². The molecule has 0 spiro atoms. The Morgan fingerprint density at radius 3 is 0.211 bits per heavy atom. The molecule has 0 heterocycles. The first-order valence-corrected chi connectivity index (χ1v) is 5.86. The Kier molecular flexibility index (Phi) is 117. The van der Waals surface area contributed by atoms with Crippen molar-refractivity contribution in [2.75, 3.05) is 0 Å². The summed E-state index contributed by atoms with van der Waals surface area (Å²) in [5, 5.41) is 126. The van der Waals surface area contributed by atoms with Crippen LogP contribution in [0.2, 0.25) is 0 Å². The second-order valence-corrected chi connectivity index (χ2v) is 2.54. The van der Waals surface area contributed by atoms with Crippen molar-refractivity contribution in [2.24, 2.45) is 0 Å². The third-order valence-corrected chi connectivity index (χ3v) is 0. The van der Waals surface area contributed by atoms with Crippen LogP contribution in [0.5, 0.6) is 0 Å². The van der Waals surface area contributed by atoms with Gasteiger partial charge in [0.05, 0.1) is 0 Å². The fourth-order valence-electron chi connectivity index (χ4n) is 0. The Hall–Kier alpha value is -4.57. The minimum absolute atomic E-state index is 0. The summed E-state index contributed by atoms with van der Waals surface area (Å²) in [4.78, 5) is 77.0. The van der Waals surface area contributed by atoms with E-state index in [2.05, 4.69) is 0 Å². The molecule has 27 nitrogen and oxygen atoms in total. The summed E-state index contributed by atoms with van der Waals surface area (Å²) in [6, 6.07) is 0. The molecule has 0 bridgehead atoms. The molecule has 220 valence electrons. The molecule has 18 N–H and O–H groups in total. The maximum Gasteiger partial charge on any atom is 1.00 e. The zero-order chi connectivity index (χ0) is 32.2. The van der Waals surface area contributed by atoms with E-state index in [1.807, 2.05) is 0 Å². The van der Waals surface area contributed by atoms with Gasteiger partial charge in [-0.15, -0.1) is 0 Å². The Labute approximate surface area is 251 Å². The van der Waals surface area contributed by atoms with Crippen molar-refractivity contribution in [2.45, 2.75) is 0 Å². The Bertz CT molecular complexity index is 430. The first-order chi connectivity index (χ1) is 15.6. The van der Waals surface area contributed by atoms with Crippen LogP contribution in [0.4, 0.5) is 43.2 Å². The largest absolute Gasteiger partial charge is 1.00 e. The van der Waals surface area contributed by atoms with E-state index >= 15 is 0 Å². The topological polar surface area (TPSA) is 518 Å². The van der Waals surface area contributed by atoms with Crippen molar-refractivity contribution < 1.29 is 197 Å². The van der Waals surface area contributed by atoms with Gasteiger partial charge in [-0.25, -0.2) is 43.2 Å². The van der Waals surface area contributed by atoms with Gasteiger partial charge in [0, 0.05) is 0 Å². The molecule has 0 atom stereocenters. The molecular formula is C9H20Na2O27. The molecular weight excluding hydrogens is 586 g/mol. The molecule has 0 fully saturated rings. The molecule has 0 aliphatic rings. The van der Waals surface area contributed by atoms with E-state index in [0.717, 1.165) is 0 Å². The second-order valence-electron chi connectivity index (χ2n) is 2.54. The Morgan fingerprint density at radius 2 is 0.211 bits per heavy atom. The second kappa shape index (κ2) is 63.7. The summed E-state index contributed by atoms with van der Waals surface area (Å²) in [6.07, 6.45) is -16.5. The van der Waals surface area contributed by atoms with E-state index in [-0.39, 0.29) is 62.0 Å². The quantitative estimate of drug-likeness (QED) is 0.118. The standard InChI is InChI=1S/9CH2O3.2Na.2H/c9*2-1(3)4;;;;/h9*(H2,2,3,4);;;;/q;;;;;;;;;2*+1;2*-1. The number of hydrogen-bond donors (Lipinski definition) is 18. The average Bonchev–Trinajstić information content (AvgIpc) is 2.39. The molecule has 0 aromatic heterocycles.